The van der Waals surface area contributed by atoms with Crippen LogP contribution in [0, 0.1) is 11.8 Å². The molecule has 0 amide bonds. The Morgan fingerprint density at radius 3 is 2.55 bits per heavy atom. The lowest BCUT2D eigenvalue weighted by Crippen LogP contribution is -2.48. The van der Waals surface area contributed by atoms with E-state index in [9.17, 15) is 0 Å². The van der Waals surface area contributed by atoms with Crippen molar-refractivity contribution in [3.05, 3.63) is 0 Å². The molecule has 2 aliphatic rings. The number of hydrogen-bond donors (Lipinski definition) is 0. The van der Waals surface area contributed by atoms with Gasteiger partial charge in [0.15, 0.2) is 0 Å². The molecule has 0 N–H and O–H groups in total. The second-order valence-electron chi connectivity index (χ2n) is 4.41. The van der Waals surface area contributed by atoms with Gasteiger partial charge in [0.25, 0.3) is 0 Å². The Balaban J connectivity index is 2.03. The van der Waals surface area contributed by atoms with Crippen LogP contribution in [0.2, 0.25) is 0 Å². The normalized spacial score (nSPS) is 43.4. The largest absolute Gasteiger partial charge is 0.375 e. The van der Waals surface area contributed by atoms with Crippen LogP contribution in [0.5, 0.6) is 0 Å². The van der Waals surface area contributed by atoms with E-state index >= 15 is 0 Å². The fraction of sp³-hybridized carbons (Fsp3) is 1.00. The molecule has 0 aromatic rings. The molecule has 2 rings (SSSR count). The quantitative estimate of drug-likeness (QED) is 0.564. The van der Waals surface area contributed by atoms with Crippen LogP contribution in [-0.4, -0.2) is 12.2 Å². The summed E-state index contributed by atoms with van der Waals surface area (Å²) in [7, 11) is 0. The molecule has 1 heterocycles. The van der Waals surface area contributed by atoms with Crippen molar-refractivity contribution in [2.75, 3.05) is 6.61 Å². The number of ether oxygens (including phenoxy) is 1. The van der Waals surface area contributed by atoms with Gasteiger partial charge in [0, 0.05) is 6.61 Å². The van der Waals surface area contributed by atoms with Crippen molar-refractivity contribution in [3.63, 3.8) is 0 Å². The van der Waals surface area contributed by atoms with Crippen LogP contribution in [0.3, 0.4) is 0 Å². The summed E-state index contributed by atoms with van der Waals surface area (Å²) in [5.74, 6) is 1.69. The molecule has 1 aliphatic carbocycles. The summed E-state index contributed by atoms with van der Waals surface area (Å²) in [6, 6.07) is 0. The third-order valence-corrected chi connectivity index (χ3v) is 3.49. The Morgan fingerprint density at radius 1 is 1.36 bits per heavy atom. The minimum atomic E-state index is 0.355. The van der Waals surface area contributed by atoms with Gasteiger partial charge in [0.2, 0.25) is 0 Å². The molecular formula is C10H18O. The van der Waals surface area contributed by atoms with E-state index in [1.807, 2.05) is 0 Å². The molecule has 0 bridgehead atoms. The van der Waals surface area contributed by atoms with Crippen molar-refractivity contribution in [2.45, 2.75) is 45.1 Å². The smallest absolute Gasteiger partial charge is 0.0714 e. The average Bonchev–Trinajstić information content (AvgIpc) is 2.31. The molecule has 2 fully saturated rings. The highest BCUT2D eigenvalue weighted by molar-refractivity contribution is 5.01. The van der Waals surface area contributed by atoms with Gasteiger partial charge in [-0.25, -0.2) is 0 Å². The van der Waals surface area contributed by atoms with Gasteiger partial charge in [-0.1, -0.05) is 13.8 Å². The van der Waals surface area contributed by atoms with Crippen LogP contribution < -0.4 is 0 Å². The molecule has 2 unspecified atom stereocenters. The topological polar surface area (TPSA) is 9.23 Å². The first-order valence-corrected chi connectivity index (χ1v) is 4.88. The summed E-state index contributed by atoms with van der Waals surface area (Å²) < 4.78 is 5.85. The summed E-state index contributed by atoms with van der Waals surface area (Å²) in [4.78, 5) is 0. The van der Waals surface area contributed by atoms with Crippen molar-refractivity contribution in [1.29, 1.82) is 0 Å². The highest BCUT2D eigenvalue weighted by Crippen LogP contribution is 2.51. The number of rotatable bonds is 1. The maximum absolute atomic E-state index is 5.85. The van der Waals surface area contributed by atoms with E-state index in [1.165, 1.54) is 25.7 Å². The summed E-state index contributed by atoms with van der Waals surface area (Å²) in [5.41, 5.74) is 0.355. The molecule has 1 saturated heterocycles. The van der Waals surface area contributed by atoms with Gasteiger partial charge in [0.05, 0.1) is 5.60 Å². The summed E-state index contributed by atoms with van der Waals surface area (Å²) in [5, 5.41) is 0. The van der Waals surface area contributed by atoms with Crippen LogP contribution >= 0.6 is 0 Å². The van der Waals surface area contributed by atoms with Crippen LogP contribution in [0.25, 0.3) is 0 Å². The maximum Gasteiger partial charge on any atom is 0.0714 e. The minimum Gasteiger partial charge on any atom is -0.375 e. The minimum absolute atomic E-state index is 0.355. The monoisotopic (exact) mass is 154 g/mol. The standard InChI is InChI=1S/C10H18O/c1-8(2)9-4-6-10(9)5-3-7-11-10/h8-9H,3-7H2,1-2H3. The second kappa shape index (κ2) is 2.48. The molecule has 1 nitrogen and oxygen atoms in total. The lowest BCUT2D eigenvalue weighted by molar-refractivity contribution is -0.125. The zero-order chi connectivity index (χ0) is 7.90. The van der Waals surface area contributed by atoms with E-state index in [4.69, 9.17) is 4.74 Å². The average molecular weight is 154 g/mol. The van der Waals surface area contributed by atoms with E-state index in [-0.39, 0.29) is 0 Å². The first kappa shape index (κ1) is 7.60. The van der Waals surface area contributed by atoms with Crippen LogP contribution in [-0.2, 0) is 4.74 Å². The van der Waals surface area contributed by atoms with Crippen LogP contribution in [0.15, 0.2) is 0 Å². The van der Waals surface area contributed by atoms with Gasteiger partial charge < -0.3 is 4.74 Å². The van der Waals surface area contributed by atoms with Crippen molar-refractivity contribution in [1.82, 2.24) is 0 Å². The molecule has 64 valence electrons. The highest BCUT2D eigenvalue weighted by atomic mass is 16.5. The molecule has 0 aromatic heterocycles. The molecule has 0 radical (unpaired) electrons. The molecule has 2 atom stereocenters. The molecule has 11 heavy (non-hydrogen) atoms. The van der Waals surface area contributed by atoms with Crippen molar-refractivity contribution >= 4 is 0 Å². The van der Waals surface area contributed by atoms with Gasteiger partial charge in [0.1, 0.15) is 0 Å². The first-order valence-electron chi connectivity index (χ1n) is 4.88. The predicted molar refractivity (Wildman–Crippen MR) is 45.5 cm³/mol. The molecule has 1 saturated carbocycles. The van der Waals surface area contributed by atoms with Gasteiger partial charge in [-0.2, -0.15) is 0 Å². The van der Waals surface area contributed by atoms with Crippen molar-refractivity contribution in [3.8, 4) is 0 Å². The Kier molecular flexibility index (Phi) is 1.71. The number of hydrogen-bond acceptors (Lipinski definition) is 1. The SMILES string of the molecule is CC(C)C1CCC12CCCO2. The second-order valence-corrected chi connectivity index (χ2v) is 4.41. The van der Waals surface area contributed by atoms with Gasteiger partial charge in [-0.3, -0.25) is 0 Å². The molecule has 1 spiro atoms. The Bertz CT molecular complexity index is 145. The third-order valence-electron chi connectivity index (χ3n) is 3.49. The van der Waals surface area contributed by atoms with Gasteiger partial charge in [-0.15, -0.1) is 0 Å². The lowest BCUT2D eigenvalue weighted by Gasteiger charge is -2.48. The summed E-state index contributed by atoms with van der Waals surface area (Å²) in [6.07, 6.45) is 5.35. The van der Waals surface area contributed by atoms with Crippen molar-refractivity contribution < 1.29 is 4.74 Å². The lowest BCUT2D eigenvalue weighted by atomic mass is 9.63. The summed E-state index contributed by atoms with van der Waals surface area (Å²) >= 11 is 0. The van der Waals surface area contributed by atoms with Crippen LogP contribution in [0.1, 0.15) is 39.5 Å². The molecular weight excluding hydrogens is 136 g/mol. The zero-order valence-corrected chi connectivity index (χ0v) is 7.60. The maximum atomic E-state index is 5.85. The first-order chi connectivity index (χ1) is 5.25. The van der Waals surface area contributed by atoms with E-state index in [0.29, 0.717) is 5.60 Å². The van der Waals surface area contributed by atoms with E-state index in [0.717, 1.165) is 18.4 Å². The Morgan fingerprint density at radius 2 is 2.18 bits per heavy atom. The zero-order valence-electron chi connectivity index (χ0n) is 7.60. The fourth-order valence-electron chi connectivity index (χ4n) is 2.78. The van der Waals surface area contributed by atoms with E-state index in [1.54, 1.807) is 0 Å². The molecule has 0 aromatic carbocycles. The van der Waals surface area contributed by atoms with Gasteiger partial charge in [-0.05, 0) is 37.5 Å². The van der Waals surface area contributed by atoms with E-state index in [2.05, 4.69) is 13.8 Å². The third kappa shape index (κ3) is 1.01. The van der Waals surface area contributed by atoms with Crippen molar-refractivity contribution in [2.24, 2.45) is 11.8 Å². The summed E-state index contributed by atoms with van der Waals surface area (Å²) in [6.45, 7) is 5.67. The van der Waals surface area contributed by atoms with Gasteiger partial charge >= 0.3 is 0 Å². The Hall–Kier alpha value is -0.0400. The van der Waals surface area contributed by atoms with Crippen LogP contribution in [0.4, 0.5) is 0 Å². The fourth-order valence-corrected chi connectivity index (χ4v) is 2.78. The molecule has 1 aliphatic heterocycles. The predicted octanol–water partition coefficient (Wildman–Crippen LogP) is 2.60. The van der Waals surface area contributed by atoms with E-state index < -0.39 is 0 Å². The Labute approximate surface area is 69.1 Å². The molecule has 1 heteroatoms. The highest BCUT2D eigenvalue weighted by Gasteiger charge is 2.50.